The number of halogens is 1. The first-order valence-electron chi connectivity index (χ1n) is 10.5. The number of hydrogen-bond donors (Lipinski definition) is 1. The Labute approximate surface area is 175 Å². The predicted molar refractivity (Wildman–Crippen MR) is 114 cm³/mol. The van der Waals surface area contributed by atoms with Crippen molar-refractivity contribution < 1.29 is 9.53 Å². The third-order valence-corrected chi connectivity index (χ3v) is 6.76. The fourth-order valence-corrected chi connectivity index (χ4v) is 5.51. The highest BCUT2D eigenvalue weighted by molar-refractivity contribution is 5.85. The van der Waals surface area contributed by atoms with Crippen LogP contribution in [-0.4, -0.2) is 62.1 Å². The fourth-order valence-electron chi connectivity index (χ4n) is 5.51. The van der Waals surface area contributed by atoms with E-state index in [2.05, 4.69) is 46.4 Å². The van der Waals surface area contributed by atoms with Crippen molar-refractivity contribution >= 4 is 18.3 Å². The molecule has 2 heterocycles. The minimum Gasteiger partial charge on any atom is -0.497 e. The second kappa shape index (κ2) is 9.47. The lowest BCUT2D eigenvalue weighted by atomic mass is 9.89. The van der Waals surface area contributed by atoms with Crippen LogP contribution in [0.25, 0.3) is 0 Å². The molecule has 0 aromatic heterocycles. The van der Waals surface area contributed by atoms with E-state index in [1.54, 1.807) is 7.11 Å². The minimum atomic E-state index is 0. The number of nitrogens with one attached hydrogen (secondary N) is 1. The van der Waals surface area contributed by atoms with Crippen molar-refractivity contribution in [3.8, 4) is 5.75 Å². The maximum absolute atomic E-state index is 12.5. The third kappa shape index (κ3) is 4.64. The molecule has 28 heavy (non-hydrogen) atoms. The molecular formula is C22H34ClN3O2. The van der Waals surface area contributed by atoms with Crippen LogP contribution >= 0.6 is 12.4 Å². The van der Waals surface area contributed by atoms with Crippen LogP contribution < -0.4 is 10.1 Å². The lowest BCUT2D eigenvalue weighted by molar-refractivity contribution is -0.123. The monoisotopic (exact) mass is 407 g/mol. The second-order valence-electron chi connectivity index (χ2n) is 8.68. The number of ether oxygens (including phenoxy) is 1. The van der Waals surface area contributed by atoms with Crippen molar-refractivity contribution in [2.45, 2.75) is 44.2 Å². The van der Waals surface area contributed by atoms with Crippen LogP contribution in [0.3, 0.4) is 0 Å². The molecule has 3 fully saturated rings. The van der Waals surface area contributed by atoms with Gasteiger partial charge in [0, 0.05) is 31.7 Å². The van der Waals surface area contributed by atoms with Crippen molar-refractivity contribution in [2.24, 2.45) is 11.8 Å². The maximum Gasteiger partial charge on any atom is 0.234 e. The first-order chi connectivity index (χ1) is 13.1. The molecule has 0 spiro atoms. The summed E-state index contributed by atoms with van der Waals surface area (Å²) in [5, 5.41) is 3.27. The number of benzene rings is 1. The summed E-state index contributed by atoms with van der Waals surface area (Å²) in [5.41, 5.74) is 1.36. The lowest BCUT2D eigenvalue weighted by Gasteiger charge is -2.27. The second-order valence-corrected chi connectivity index (χ2v) is 8.68. The highest BCUT2D eigenvalue weighted by atomic mass is 35.5. The minimum absolute atomic E-state index is 0. The van der Waals surface area contributed by atoms with Gasteiger partial charge in [0.05, 0.1) is 13.7 Å². The molecule has 1 aromatic rings. The van der Waals surface area contributed by atoms with Crippen molar-refractivity contribution in [2.75, 3.05) is 40.3 Å². The van der Waals surface area contributed by atoms with Gasteiger partial charge in [-0.15, -0.1) is 12.4 Å². The Hall–Kier alpha value is -1.30. The zero-order chi connectivity index (χ0) is 18.8. The van der Waals surface area contributed by atoms with E-state index in [1.165, 1.54) is 24.8 Å². The molecule has 1 amide bonds. The van der Waals surface area contributed by atoms with E-state index in [-0.39, 0.29) is 18.3 Å². The van der Waals surface area contributed by atoms with Gasteiger partial charge in [-0.1, -0.05) is 31.4 Å². The molecule has 3 atom stereocenters. The molecule has 4 rings (SSSR count). The molecule has 156 valence electrons. The number of amides is 1. The molecule has 3 aliphatic rings. The first kappa shape index (κ1) is 21.4. The van der Waals surface area contributed by atoms with Gasteiger partial charge in [0.1, 0.15) is 5.75 Å². The number of rotatable bonds is 5. The average Bonchev–Trinajstić information content (AvgIpc) is 3.18. The van der Waals surface area contributed by atoms with Gasteiger partial charge < -0.3 is 10.1 Å². The van der Waals surface area contributed by atoms with Crippen LogP contribution in [0.4, 0.5) is 0 Å². The molecule has 1 N–H and O–H groups in total. The number of carbonyl (C=O) groups excluding carboxylic acids is 1. The Morgan fingerprint density at radius 1 is 1.11 bits per heavy atom. The third-order valence-electron chi connectivity index (χ3n) is 6.76. The topological polar surface area (TPSA) is 44.8 Å². The van der Waals surface area contributed by atoms with Gasteiger partial charge in [-0.05, 0) is 49.4 Å². The highest BCUT2D eigenvalue weighted by Gasteiger charge is 2.46. The zero-order valence-corrected chi connectivity index (χ0v) is 17.9. The van der Waals surface area contributed by atoms with Crippen LogP contribution in [0.1, 0.15) is 43.7 Å². The molecule has 1 saturated carbocycles. The highest BCUT2D eigenvalue weighted by Crippen LogP contribution is 2.44. The number of carbonyl (C=O) groups is 1. The Morgan fingerprint density at radius 2 is 1.82 bits per heavy atom. The molecule has 0 radical (unpaired) electrons. The molecule has 6 heteroatoms. The summed E-state index contributed by atoms with van der Waals surface area (Å²) in [4.78, 5) is 17.4. The van der Waals surface area contributed by atoms with E-state index >= 15 is 0 Å². The Morgan fingerprint density at radius 3 is 2.50 bits per heavy atom. The Bertz CT molecular complexity index is 648. The van der Waals surface area contributed by atoms with Gasteiger partial charge in [0.2, 0.25) is 5.91 Å². The molecule has 0 bridgehead atoms. The molecule has 0 unspecified atom stereocenters. The van der Waals surface area contributed by atoms with Crippen LogP contribution in [-0.2, 0) is 4.79 Å². The van der Waals surface area contributed by atoms with E-state index in [4.69, 9.17) is 4.74 Å². The lowest BCUT2D eigenvalue weighted by Crippen LogP contribution is -2.43. The Kier molecular flexibility index (Phi) is 7.24. The van der Waals surface area contributed by atoms with Gasteiger partial charge in [0.25, 0.3) is 0 Å². The van der Waals surface area contributed by atoms with E-state index in [0.717, 1.165) is 38.2 Å². The molecule has 5 nitrogen and oxygen atoms in total. The van der Waals surface area contributed by atoms with Crippen LogP contribution in [0.15, 0.2) is 24.3 Å². The van der Waals surface area contributed by atoms with Gasteiger partial charge in [-0.25, -0.2) is 0 Å². The smallest absolute Gasteiger partial charge is 0.234 e. The van der Waals surface area contributed by atoms with Crippen molar-refractivity contribution in [1.29, 1.82) is 0 Å². The molecule has 1 aromatic carbocycles. The zero-order valence-electron chi connectivity index (χ0n) is 17.1. The molecule has 1 aliphatic carbocycles. The molecular weight excluding hydrogens is 374 g/mol. The summed E-state index contributed by atoms with van der Waals surface area (Å²) in [6.45, 7) is 3.73. The van der Waals surface area contributed by atoms with Gasteiger partial charge >= 0.3 is 0 Å². The van der Waals surface area contributed by atoms with Crippen molar-refractivity contribution in [3.63, 3.8) is 0 Å². The first-order valence-corrected chi connectivity index (χ1v) is 10.5. The normalized spacial score (nSPS) is 28.6. The van der Waals surface area contributed by atoms with E-state index < -0.39 is 0 Å². The average molecular weight is 408 g/mol. The standard InChI is InChI=1S/C22H33N3O2.ClH/c1-24-12-17-13-25(15-21(26)23-18-6-4-3-5-7-18)14-20(17)22(24)16-8-10-19(27-2)11-9-16;/h8-11,17-18,20,22H,3-7,12-15H2,1-2H3,(H,23,26);1H/t17-,20+,22-;/m0./s1. The number of hydrogen-bond acceptors (Lipinski definition) is 4. The quantitative estimate of drug-likeness (QED) is 0.814. The van der Waals surface area contributed by atoms with Gasteiger partial charge in [-0.2, -0.15) is 0 Å². The van der Waals surface area contributed by atoms with Crippen molar-refractivity contribution in [1.82, 2.24) is 15.1 Å². The van der Waals surface area contributed by atoms with Gasteiger partial charge in [-0.3, -0.25) is 14.6 Å². The van der Waals surface area contributed by atoms with Crippen molar-refractivity contribution in [3.05, 3.63) is 29.8 Å². The van der Waals surface area contributed by atoms with E-state index in [0.29, 0.717) is 30.5 Å². The number of fused-ring (bicyclic) bond motifs is 1. The maximum atomic E-state index is 12.5. The van der Waals surface area contributed by atoms with E-state index in [9.17, 15) is 4.79 Å². The summed E-state index contributed by atoms with van der Waals surface area (Å²) >= 11 is 0. The van der Waals surface area contributed by atoms with Gasteiger partial charge in [0.15, 0.2) is 0 Å². The largest absolute Gasteiger partial charge is 0.497 e. The van der Waals surface area contributed by atoms with E-state index in [1.807, 2.05) is 0 Å². The summed E-state index contributed by atoms with van der Waals surface area (Å²) in [6, 6.07) is 9.35. The molecule has 2 aliphatic heterocycles. The van der Waals surface area contributed by atoms with Crippen LogP contribution in [0.2, 0.25) is 0 Å². The fraction of sp³-hybridized carbons (Fsp3) is 0.682. The predicted octanol–water partition coefficient (Wildman–Crippen LogP) is 3.10. The summed E-state index contributed by atoms with van der Waals surface area (Å²) in [6.07, 6.45) is 6.15. The Balaban J connectivity index is 0.00000225. The number of likely N-dealkylation sites (tertiary alicyclic amines) is 2. The SMILES string of the molecule is COc1ccc([C@H]2[C@@H]3CN(CC(=O)NC4CCCCC4)C[C@@H]3CN2C)cc1.Cl. The summed E-state index contributed by atoms with van der Waals surface area (Å²) in [7, 11) is 3.94. The number of methoxy groups -OCH3 is 1. The summed E-state index contributed by atoms with van der Waals surface area (Å²) < 4.78 is 5.30. The molecule has 2 saturated heterocycles. The van der Waals surface area contributed by atoms with Crippen LogP contribution in [0, 0.1) is 11.8 Å². The number of nitrogens with zero attached hydrogens (tertiary/aromatic N) is 2. The van der Waals surface area contributed by atoms with Crippen LogP contribution in [0.5, 0.6) is 5.75 Å². The summed E-state index contributed by atoms with van der Waals surface area (Å²) in [5.74, 6) is 2.38.